The number of fused-ring (bicyclic) bond motifs is 2. The summed E-state index contributed by atoms with van der Waals surface area (Å²) >= 11 is 0. The van der Waals surface area contributed by atoms with Gasteiger partial charge in [-0.3, -0.25) is 9.36 Å². The lowest BCUT2D eigenvalue weighted by molar-refractivity contribution is 0.102. The van der Waals surface area contributed by atoms with Gasteiger partial charge in [-0.1, -0.05) is 42.5 Å². The molecule has 0 saturated heterocycles. The highest BCUT2D eigenvalue weighted by Gasteiger charge is 2.14. The number of hydrogen-bond donors (Lipinski definition) is 1. The average molecular weight is 432 g/mol. The Morgan fingerprint density at radius 1 is 0.848 bits per heavy atom. The highest BCUT2D eigenvalue weighted by molar-refractivity contribution is 6.04. The Bertz CT molecular complexity index is 1620. The Morgan fingerprint density at radius 3 is 2.58 bits per heavy atom. The van der Waals surface area contributed by atoms with Crippen LogP contribution < -0.4 is 5.32 Å². The predicted molar refractivity (Wildman–Crippen MR) is 124 cm³/mol. The van der Waals surface area contributed by atoms with Crippen LogP contribution in [0.2, 0.25) is 0 Å². The number of carbonyl (C=O) groups excluding carboxylic acids is 1. The normalized spacial score (nSPS) is 11.2. The van der Waals surface area contributed by atoms with Crippen LogP contribution >= 0.6 is 0 Å². The molecule has 3 aromatic carbocycles. The van der Waals surface area contributed by atoms with Crippen LogP contribution in [0, 0.1) is 0 Å². The molecule has 3 heterocycles. The van der Waals surface area contributed by atoms with E-state index in [1.54, 1.807) is 41.0 Å². The number of rotatable bonds is 4. The molecule has 0 aliphatic rings. The summed E-state index contributed by atoms with van der Waals surface area (Å²) in [4.78, 5) is 21.8. The number of nitrogens with zero attached hydrogens (tertiary/aromatic N) is 5. The van der Waals surface area contributed by atoms with Gasteiger partial charge in [-0.25, -0.2) is 9.97 Å². The van der Waals surface area contributed by atoms with Crippen LogP contribution in [0.1, 0.15) is 10.5 Å². The third-order valence-electron chi connectivity index (χ3n) is 5.32. The van der Waals surface area contributed by atoms with Crippen LogP contribution in [0.15, 0.2) is 95.9 Å². The SMILES string of the molecule is O=C(Nc1ccc2oc(-c3cccc4ccccc34)nc2c1)c1cccc(-n2cnnc2)n1. The Balaban J connectivity index is 1.30. The van der Waals surface area contributed by atoms with E-state index in [9.17, 15) is 4.79 Å². The lowest BCUT2D eigenvalue weighted by Gasteiger charge is -2.06. The van der Waals surface area contributed by atoms with Crippen molar-refractivity contribution < 1.29 is 9.21 Å². The first-order valence-electron chi connectivity index (χ1n) is 10.3. The van der Waals surface area contributed by atoms with Gasteiger partial charge in [-0.15, -0.1) is 10.2 Å². The number of amides is 1. The molecule has 0 unspecified atom stereocenters. The molecule has 8 heteroatoms. The van der Waals surface area contributed by atoms with Crippen molar-refractivity contribution in [2.75, 3.05) is 5.32 Å². The van der Waals surface area contributed by atoms with Gasteiger partial charge in [-0.05, 0) is 47.2 Å². The summed E-state index contributed by atoms with van der Waals surface area (Å²) in [6.45, 7) is 0. The van der Waals surface area contributed by atoms with Crippen molar-refractivity contribution in [3.05, 3.63) is 97.2 Å². The van der Waals surface area contributed by atoms with Crippen molar-refractivity contribution in [2.45, 2.75) is 0 Å². The Morgan fingerprint density at radius 2 is 1.67 bits per heavy atom. The van der Waals surface area contributed by atoms with Gasteiger partial charge < -0.3 is 9.73 Å². The minimum absolute atomic E-state index is 0.276. The first-order chi connectivity index (χ1) is 16.2. The van der Waals surface area contributed by atoms with Gasteiger partial charge in [0.2, 0.25) is 5.89 Å². The summed E-state index contributed by atoms with van der Waals surface area (Å²) in [6.07, 6.45) is 3.05. The summed E-state index contributed by atoms with van der Waals surface area (Å²) in [5, 5.41) is 12.6. The van der Waals surface area contributed by atoms with E-state index in [2.05, 4.69) is 37.6 Å². The Hall–Kier alpha value is -4.85. The molecule has 33 heavy (non-hydrogen) atoms. The van der Waals surface area contributed by atoms with Gasteiger partial charge in [0.25, 0.3) is 5.91 Å². The Labute approximate surface area is 187 Å². The predicted octanol–water partition coefficient (Wildman–Crippen LogP) is 4.88. The van der Waals surface area contributed by atoms with Gasteiger partial charge in [-0.2, -0.15) is 0 Å². The number of carbonyl (C=O) groups is 1. The largest absolute Gasteiger partial charge is 0.436 e. The molecular formula is C25H16N6O2. The summed E-state index contributed by atoms with van der Waals surface area (Å²) < 4.78 is 7.65. The standard InChI is InChI=1S/C25H16N6O2/c32-24(20-9-4-10-23(29-20)31-14-26-27-15-31)28-17-11-12-22-21(13-17)30-25(33-22)19-8-3-6-16-5-1-2-7-18(16)19/h1-15H,(H,28,32). The topological polar surface area (TPSA) is 98.7 Å². The maximum absolute atomic E-state index is 12.8. The van der Waals surface area contributed by atoms with Crippen LogP contribution in [0.3, 0.4) is 0 Å². The summed E-state index contributed by atoms with van der Waals surface area (Å²) in [5.41, 5.74) is 3.09. The zero-order chi connectivity index (χ0) is 22.2. The zero-order valence-corrected chi connectivity index (χ0v) is 17.2. The Kier molecular flexibility index (Phi) is 4.40. The lowest BCUT2D eigenvalue weighted by Crippen LogP contribution is -2.14. The second-order valence-electron chi connectivity index (χ2n) is 7.43. The summed E-state index contributed by atoms with van der Waals surface area (Å²) in [5.74, 6) is 0.759. The van der Waals surface area contributed by atoms with Gasteiger partial charge in [0.15, 0.2) is 5.58 Å². The van der Waals surface area contributed by atoms with Gasteiger partial charge >= 0.3 is 0 Å². The van der Waals surface area contributed by atoms with Crippen molar-refractivity contribution in [1.29, 1.82) is 0 Å². The van der Waals surface area contributed by atoms with Crippen LogP contribution in [-0.4, -0.2) is 30.6 Å². The van der Waals surface area contributed by atoms with Crippen molar-refractivity contribution in [3.8, 4) is 17.3 Å². The number of anilines is 1. The second kappa shape index (κ2) is 7.69. The molecule has 1 amide bonds. The van der Waals surface area contributed by atoms with Crippen molar-refractivity contribution >= 4 is 33.5 Å². The third kappa shape index (κ3) is 3.49. The molecule has 158 valence electrons. The minimum atomic E-state index is -0.331. The molecule has 0 fully saturated rings. The van der Waals surface area contributed by atoms with E-state index in [-0.39, 0.29) is 11.6 Å². The fourth-order valence-electron chi connectivity index (χ4n) is 3.74. The van der Waals surface area contributed by atoms with Crippen LogP contribution in [0.5, 0.6) is 0 Å². The smallest absolute Gasteiger partial charge is 0.274 e. The van der Waals surface area contributed by atoms with E-state index in [1.165, 1.54) is 12.7 Å². The second-order valence-corrected chi connectivity index (χ2v) is 7.43. The molecule has 0 radical (unpaired) electrons. The van der Waals surface area contributed by atoms with Gasteiger partial charge in [0, 0.05) is 11.3 Å². The number of oxazole rings is 1. The highest BCUT2D eigenvalue weighted by atomic mass is 16.3. The first kappa shape index (κ1) is 18.9. The number of aromatic nitrogens is 5. The van der Waals surface area contributed by atoms with E-state index in [1.807, 2.05) is 30.3 Å². The van der Waals surface area contributed by atoms with E-state index >= 15 is 0 Å². The average Bonchev–Trinajstić information content (AvgIpc) is 3.54. The molecule has 0 spiro atoms. The van der Waals surface area contributed by atoms with E-state index < -0.39 is 0 Å². The van der Waals surface area contributed by atoms with Crippen molar-refractivity contribution in [1.82, 2.24) is 24.7 Å². The third-order valence-corrected chi connectivity index (χ3v) is 5.32. The minimum Gasteiger partial charge on any atom is -0.436 e. The molecule has 3 aromatic heterocycles. The summed E-state index contributed by atoms with van der Waals surface area (Å²) in [6, 6.07) is 24.7. The van der Waals surface area contributed by atoms with Crippen LogP contribution in [0.25, 0.3) is 39.1 Å². The molecule has 6 rings (SSSR count). The van der Waals surface area contributed by atoms with Crippen molar-refractivity contribution in [2.24, 2.45) is 0 Å². The van der Waals surface area contributed by atoms with Crippen LogP contribution in [-0.2, 0) is 0 Å². The first-order valence-corrected chi connectivity index (χ1v) is 10.3. The number of hydrogen-bond acceptors (Lipinski definition) is 6. The van der Waals surface area contributed by atoms with Gasteiger partial charge in [0.05, 0.1) is 0 Å². The molecule has 0 atom stereocenters. The summed E-state index contributed by atoms with van der Waals surface area (Å²) in [7, 11) is 0. The molecule has 0 bridgehead atoms. The highest BCUT2D eigenvalue weighted by Crippen LogP contribution is 2.31. The monoisotopic (exact) mass is 432 g/mol. The quantitative estimate of drug-likeness (QED) is 0.426. The molecular weight excluding hydrogens is 416 g/mol. The molecule has 1 N–H and O–H groups in total. The molecule has 0 aliphatic carbocycles. The molecule has 6 aromatic rings. The fourth-order valence-corrected chi connectivity index (χ4v) is 3.74. The number of pyridine rings is 1. The lowest BCUT2D eigenvalue weighted by atomic mass is 10.0. The van der Waals surface area contributed by atoms with Gasteiger partial charge in [0.1, 0.15) is 29.7 Å². The maximum atomic E-state index is 12.8. The molecule has 0 saturated carbocycles. The number of benzene rings is 3. The van der Waals surface area contributed by atoms with Crippen LogP contribution in [0.4, 0.5) is 5.69 Å². The maximum Gasteiger partial charge on any atom is 0.274 e. The zero-order valence-electron chi connectivity index (χ0n) is 17.2. The number of nitrogens with one attached hydrogen (secondary N) is 1. The fraction of sp³-hybridized carbons (Fsp3) is 0. The van der Waals surface area contributed by atoms with E-state index in [0.717, 1.165) is 16.3 Å². The van der Waals surface area contributed by atoms with Crippen molar-refractivity contribution in [3.63, 3.8) is 0 Å². The molecule has 0 aliphatic heterocycles. The molecule has 8 nitrogen and oxygen atoms in total. The van der Waals surface area contributed by atoms with E-state index in [4.69, 9.17) is 4.42 Å². The van der Waals surface area contributed by atoms with E-state index in [0.29, 0.717) is 28.5 Å².